The Morgan fingerprint density at radius 1 is 1.17 bits per heavy atom. The number of amides is 2. The molecule has 1 aromatic carbocycles. The molecule has 0 aromatic heterocycles. The summed E-state index contributed by atoms with van der Waals surface area (Å²) in [5.74, 6) is 0.342. The van der Waals surface area contributed by atoms with E-state index < -0.39 is 23.7 Å². The molecule has 8 nitrogen and oxygen atoms in total. The van der Waals surface area contributed by atoms with Crippen molar-refractivity contribution in [3.05, 3.63) is 29.8 Å². The predicted molar refractivity (Wildman–Crippen MR) is 133 cm³/mol. The Morgan fingerprint density at radius 3 is 2.54 bits per heavy atom. The molecule has 0 aliphatic heterocycles. The van der Waals surface area contributed by atoms with Crippen LogP contribution < -0.4 is 15.4 Å². The van der Waals surface area contributed by atoms with Crippen molar-refractivity contribution >= 4 is 12.0 Å². The van der Waals surface area contributed by atoms with E-state index in [9.17, 15) is 19.8 Å². The van der Waals surface area contributed by atoms with Gasteiger partial charge in [0.05, 0.1) is 19.8 Å². The number of aliphatic hydroxyl groups excluding tert-OH is 2. The monoisotopic (exact) mass is 490 g/mol. The minimum atomic E-state index is -0.659. The summed E-state index contributed by atoms with van der Waals surface area (Å²) < 4.78 is 11.2. The molecule has 35 heavy (non-hydrogen) atoms. The van der Waals surface area contributed by atoms with Crippen molar-refractivity contribution in [1.82, 2.24) is 10.6 Å². The number of carbonyl (C=O) groups is 2. The number of aliphatic hydroxyl groups is 2. The minimum Gasteiger partial charge on any atom is -0.496 e. The summed E-state index contributed by atoms with van der Waals surface area (Å²) in [6.07, 6.45) is 1.22. The molecule has 2 fully saturated rings. The normalized spacial score (nSPS) is 32.5. The SMILES string of the molecule is COc1ccccc1CNC(=O)C[C@@H]1[C@H](O)CC[C@@H]2[C@](C)(CO)[C@H](OC(=O)NC(C)C)CC[C@]21C. The van der Waals surface area contributed by atoms with Crippen LogP contribution in [0.15, 0.2) is 24.3 Å². The lowest BCUT2D eigenvalue weighted by atomic mass is 9.46. The lowest BCUT2D eigenvalue weighted by Gasteiger charge is -2.60. The van der Waals surface area contributed by atoms with Gasteiger partial charge in [-0.15, -0.1) is 0 Å². The molecule has 8 heteroatoms. The highest BCUT2D eigenvalue weighted by Gasteiger charge is 2.60. The zero-order chi connectivity index (χ0) is 25.8. The van der Waals surface area contributed by atoms with E-state index in [1.165, 1.54) is 0 Å². The largest absolute Gasteiger partial charge is 0.496 e. The summed E-state index contributed by atoms with van der Waals surface area (Å²) in [7, 11) is 1.60. The molecule has 4 N–H and O–H groups in total. The Bertz CT molecular complexity index is 892. The fourth-order valence-corrected chi connectivity index (χ4v) is 6.49. The summed E-state index contributed by atoms with van der Waals surface area (Å²) in [5, 5.41) is 27.2. The maximum absolute atomic E-state index is 13.0. The van der Waals surface area contributed by atoms with Gasteiger partial charge >= 0.3 is 6.09 Å². The van der Waals surface area contributed by atoms with Crippen LogP contribution in [0.3, 0.4) is 0 Å². The van der Waals surface area contributed by atoms with E-state index in [0.717, 1.165) is 11.3 Å². The Labute approximate surface area is 208 Å². The number of hydrogen-bond donors (Lipinski definition) is 4. The molecule has 1 aromatic rings. The van der Waals surface area contributed by atoms with Crippen LogP contribution in [0, 0.1) is 22.7 Å². The number of hydrogen-bond acceptors (Lipinski definition) is 6. The molecule has 0 spiro atoms. The van der Waals surface area contributed by atoms with Crippen LogP contribution >= 0.6 is 0 Å². The van der Waals surface area contributed by atoms with E-state index >= 15 is 0 Å². The molecule has 2 saturated carbocycles. The van der Waals surface area contributed by atoms with E-state index in [1.807, 2.05) is 45.0 Å². The van der Waals surface area contributed by atoms with Crippen molar-refractivity contribution in [2.45, 2.75) is 84.6 Å². The highest BCUT2D eigenvalue weighted by Crippen LogP contribution is 2.61. The molecule has 0 radical (unpaired) electrons. The number of benzene rings is 1. The third kappa shape index (κ3) is 5.75. The van der Waals surface area contributed by atoms with Crippen LogP contribution in [-0.4, -0.2) is 54.2 Å². The highest BCUT2D eigenvalue weighted by molar-refractivity contribution is 5.76. The molecule has 196 valence electrons. The first-order chi connectivity index (χ1) is 16.5. The van der Waals surface area contributed by atoms with Gasteiger partial charge in [-0.2, -0.15) is 0 Å². The molecule has 6 atom stereocenters. The van der Waals surface area contributed by atoms with Crippen molar-refractivity contribution < 1.29 is 29.3 Å². The second-order valence-corrected chi connectivity index (χ2v) is 11.0. The number of methoxy groups -OCH3 is 1. The Hall–Kier alpha value is -2.32. The van der Waals surface area contributed by atoms with Gasteiger partial charge in [0.15, 0.2) is 0 Å². The van der Waals surface area contributed by atoms with Gasteiger partial charge < -0.3 is 30.3 Å². The standard InChI is InChI=1S/C27H42N2O6/c1-17(2)29-25(33)35-23-12-13-26(3)19(20(31)10-11-22(26)27(23,4)16-30)14-24(32)28-15-18-8-6-7-9-21(18)34-5/h6-9,17,19-20,22-23,30-31H,10-16H2,1-5H3,(H,28,32)(H,29,33)/t19-,20-,22+,23-,26+,27+/m1/s1. The average Bonchev–Trinajstić information content (AvgIpc) is 2.81. The number of rotatable bonds is 8. The molecule has 2 aliphatic carbocycles. The van der Waals surface area contributed by atoms with Crippen LogP contribution in [0.25, 0.3) is 0 Å². The topological polar surface area (TPSA) is 117 Å². The van der Waals surface area contributed by atoms with E-state index in [1.54, 1.807) is 7.11 Å². The van der Waals surface area contributed by atoms with Crippen LogP contribution in [0.4, 0.5) is 4.79 Å². The average molecular weight is 491 g/mol. The zero-order valence-corrected chi connectivity index (χ0v) is 21.7. The molecule has 0 unspecified atom stereocenters. The van der Waals surface area contributed by atoms with Crippen LogP contribution in [0.1, 0.15) is 65.4 Å². The van der Waals surface area contributed by atoms with Crippen LogP contribution in [0.2, 0.25) is 0 Å². The molecule has 2 aliphatic rings. The smallest absolute Gasteiger partial charge is 0.407 e. The van der Waals surface area contributed by atoms with Gasteiger partial charge in [0.25, 0.3) is 0 Å². The molecule has 2 amide bonds. The van der Waals surface area contributed by atoms with Gasteiger partial charge in [-0.05, 0) is 62.8 Å². The van der Waals surface area contributed by atoms with Crippen molar-refractivity contribution in [3.63, 3.8) is 0 Å². The van der Waals surface area contributed by atoms with Crippen molar-refractivity contribution in [3.8, 4) is 5.75 Å². The van der Waals surface area contributed by atoms with Gasteiger partial charge in [-0.25, -0.2) is 4.79 Å². The molecule has 3 rings (SSSR count). The number of ether oxygens (including phenoxy) is 2. The number of alkyl carbamates (subject to hydrolysis) is 1. The molecule has 0 heterocycles. The highest BCUT2D eigenvalue weighted by atomic mass is 16.6. The summed E-state index contributed by atoms with van der Waals surface area (Å²) in [6.45, 7) is 8.05. The van der Waals surface area contributed by atoms with Crippen LogP contribution in [-0.2, 0) is 16.1 Å². The summed E-state index contributed by atoms with van der Waals surface area (Å²) >= 11 is 0. The maximum Gasteiger partial charge on any atom is 0.407 e. The second-order valence-electron chi connectivity index (χ2n) is 11.0. The van der Waals surface area contributed by atoms with Gasteiger partial charge in [0.2, 0.25) is 5.91 Å². The Balaban J connectivity index is 1.73. The van der Waals surface area contributed by atoms with Gasteiger partial charge in [0.1, 0.15) is 11.9 Å². The molecule has 0 bridgehead atoms. The molecular formula is C27H42N2O6. The van der Waals surface area contributed by atoms with Gasteiger partial charge in [0, 0.05) is 30.0 Å². The van der Waals surface area contributed by atoms with E-state index in [-0.39, 0.29) is 42.2 Å². The Morgan fingerprint density at radius 2 is 1.89 bits per heavy atom. The second kappa shape index (κ2) is 11.2. The van der Waals surface area contributed by atoms with Crippen molar-refractivity contribution in [1.29, 1.82) is 0 Å². The minimum absolute atomic E-state index is 0.000942. The van der Waals surface area contributed by atoms with Crippen molar-refractivity contribution in [2.75, 3.05) is 13.7 Å². The molecular weight excluding hydrogens is 448 g/mol. The number of para-hydroxylation sites is 1. The number of nitrogens with one attached hydrogen (secondary N) is 2. The Kier molecular flexibility index (Phi) is 8.70. The lowest BCUT2D eigenvalue weighted by Crippen LogP contribution is -2.61. The van der Waals surface area contributed by atoms with E-state index in [4.69, 9.17) is 9.47 Å². The number of carbonyl (C=O) groups excluding carboxylic acids is 2. The van der Waals surface area contributed by atoms with Crippen molar-refractivity contribution in [2.24, 2.45) is 22.7 Å². The first-order valence-corrected chi connectivity index (χ1v) is 12.7. The molecule has 0 saturated heterocycles. The fourth-order valence-electron chi connectivity index (χ4n) is 6.49. The first kappa shape index (κ1) is 27.3. The third-order valence-electron chi connectivity index (χ3n) is 8.41. The predicted octanol–water partition coefficient (Wildman–Crippen LogP) is 3.39. The van der Waals surface area contributed by atoms with E-state index in [0.29, 0.717) is 32.2 Å². The zero-order valence-electron chi connectivity index (χ0n) is 21.7. The van der Waals surface area contributed by atoms with Gasteiger partial charge in [-0.3, -0.25) is 4.79 Å². The lowest BCUT2D eigenvalue weighted by molar-refractivity contribution is -0.186. The quantitative estimate of drug-likeness (QED) is 0.444. The summed E-state index contributed by atoms with van der Waals surface area (Å²) in [6, 6.07) is 7.51. The fraction of sp³-hybridized carbons (Fsp3) is 0.704. The first-order valence-electron chi connectivity index (χ1n) is 12.7. The summed E-state index contributed by atoms with van der Waals surface area (Å²) in [4.78, 5) is 25.3. The number of fused-ring (bicyclic) bond motifs is 1. The summed E-state index contributed by atoms with van der Waals surface area (Å²) in [5.41, 5.74) is -0.138. The third-order valence-corrected chi connectivity index (χ3v) is 8.41. The van der Waals surface area contributed by atoms with Crippen LogP contribution in [0.5, 0.6) is 5.75 Å². The maximum atomic E-state index is 13.0. The van der Waals surface area contributed by atoms with E-state index in [2.05, 4.69) is 17.6 Å². The van der Waals surface area contributed by atoms with Gasteiger partial charge in [-0.1, -0.05) is 32.0 Å².